The maximum absolute atomic E-state index is 12.7. The lowest BCUT2D eigenvalue weighted by Gasteiger charge is -2.15. The Morgan fingerprint density at radius 3 is 2.30 bits per heavy atom. The van der Waals surface area contributed by atoms with Gasteiger partial charge in [-0.1, -0.05) is 19.9 Å². The van der Waals surface area contributed by atoms with E-state index >= 15 is 0 Å². The van der Waals surface area contributed by atoms with Crippen molar-refractivity contribution in [1.29, 1.82) is 0 Å². The first-order chi connectivity index (χ1) is 14.1. The van der Waals surface area contributed by atoms with Crippen molar-refractivity contribution in [3.8, 4) is 5.75 Å². The smallest absolute Gasteiger partial charge is 0.338 e. The maximum atomic E-state index is 12.7. The van der Waals surface area contributed by atoms with Crippen molar-refractivity contribution in [3.63, 3.8) is 0 Å². The number of carbonyl (C=O) groups excluding carboxylic acids is 2. The molecule has 162 valence electrons. The zero-order valence-electron chi connectivity index (χ0n) is 17.3. The number of amides is 1. The number of hydrogen-bond donors (Lipinski definition) is 2. The monoisotopic (exact) mass is 434 g/mol. The minimum absolute atomic E-state index is 0.0242. The summed E-state index contributed by atoms with van der Waals surface area (Å²) in [6.45, 7) is 5.82. The third kappa shape index (κ3) is 6.48. The molecule has 1 unspecified atom stereocenters. The first-order valence-corrected chi connectivity index (χ1v) is 10.9. The van der Waals surface area contributed by atoms with E-state index in [4.69, 9.17) is 9.47 Å². The summed E-state index contributed by atoms with van der Waals surface area (Å²) in [5.74, 6) is -0.350. The standard InChI is InChI=1S/C21H26N2O6S/c1-14(2)13-22-20(24)15(3)29-21(25)16-6-5-7-19(12-16)30(26,27)23-17-8-10-18(28-4)11-9-17/h5-12,14-15,23H,13H2,1-4H3,(H,22,24). The molecule has 0 aliphatic heterocycles. The number of methoxy groups -OCH3 is 1. The van der Waals surface area contributed by atoms with Crippen LogP contribution in [0, 0.1) is 5.92 Å². The summed E-state index contributed by atoms with van der Waals surface area (Å²) in [6, 6.07) is 11.8. The van der Waals surface area contributed by atoms with Crippen LogP contribution >= 0.6 is 0 Å². The zero-order valence-corrected chi connectivity index (χ0v) is 18.2. The zero-order chi connectivity index (χ0) is 22.3. The van der Waals surface area contributed by atoms with E-state index < -0.39 is 28.0 Å². The minimum atomic E-state index is -3.93. The number of sulfonamides is 1. The van der Waals surface area contributed by atoms with E-state index in [2.05, 4.69) is 10.0 Å². The predicted molar refractivity (Wildman–Crippen MR) is 113 cm³/mol. The normalized spacial score (nSPS) is 12.2. The fourth-order valence-corrected chi connectivity index (χ4v) is 3.50. The van der Waals surface area contributed by atoms with Crippen LogP contribution in [0.15, 0.2) is 53.4 Å². The number of ether oxygens (including phenoxy) is 2. The number of benzene rings is 2. The Labute approximate surface area is 176 Å². The van der Waals surface area contributed by atoms with Gasteiger partial charge in [0.2, 0.25) is 0 Å². The summed E-state index contributed by atoms with van der Waals surface area (Å²) in [6.07, 6.45) is -1.01. The quantitative estimate of drug-likeness (QED) is 0.587. The summed E-state index contributed by atoms with van der Waals surface area (Å²) < 4.78 is 37.9. The molecule has 1 amide bonds. The van der Waals surface area contributed by atoms with E-state index in [0.29, 0.717) is 18.0 Å². The third-order valence-electron chi connectivity index (χ3n) is 4.06. The number of carbonyl (C=O) groups is 2. The average Bonchev–Trinajstić information content (AvgIpc) is 2.72. The molecule has 0 heterocycles. The number of nitrogens with one attached hydrogen (secondary N) is 2. The van der Waals surface area contributed by atoms with Crippen molar-refractivity contribution in [1.82, 2.24) is 5.32 Å². The summed E-state index contributed by atoms with van der Waals surface area (Å²) >= 11 is 0. The molecule has 2 aromatic carbocycles. The molecule has 8 nitrogen and oxygen atoms in total. The van der Waals surface area contributed by atoms with Crippen LogP contribution in [-0.2, 0) is 19.6 Å². The Morgan fingerprint density at radius 2 is 1.70 bits per heavy atom. The Hall–Kier alpha value is -3.07. The molecule has 0 aliphatic rings. The second-order valence-corrected chi connectivity index (χ2v) is 8.73. The molecule has 0 saturated heterocycles. The molecule has 2 rings (SSSR count). The lowest BCUT2D eigenvalue weighted by atomic mass is 10.2. The second-order valence-electron chi connectivity index (χ2n) is 7.05. The van der Waals surface area contributed by atoms with E-state index in [0.717, 1.165) is 0 Å². The van der Waals surface area contributed by atoms with Crippen LogP contribution in [0.25, 0.3) is 0 Å². The Balaban J connectivity index is 2.10. The van der Waals surface area contributed by atoms with Gasteiger partial charge in [0.15, 0.2) is 6.10 Å². The summed E-state index contributed by atoms with van der Waals surface area (Å²) in [4.78, 5) is 24.3. The molecule has 0 bridgehead atoms. The molecule has 2 aromatic rings. The highest BCUT2D eigenvalue weighted by atomic mass is 32.2. The third-order valence-corrected chi connectivity index (χ3v) is 5.44. The van der Waals surface area contributed by atoms with Crippen molar-refractivity contribution in [2.45, 2.75) is 31.8 Å². The molecule has 0 saturated carbocycles. The van der Waals surface area contributed by atoms with Gasteiger partial charge in [0.25, 0.3) is 15.9 Å². The molecule has 0 spiro atoms. The van der Waals surface area contributed by atoms with Crippen LogP contribution < -0.4 is 14.8 Å². The van der Waals surface area contributed by atoms with Crippen molar-refractivity contribution in [3.05, 3.63) is 54.1 Å². The van der Waals surface area contributed by atoms with Crippen LogP contribution in [0.5, 0.6) is 5.75 Å². The number of hydrogen-bond acceptors (Lipinski definition) is 6. The van der Waals surface area contributed by atoms with E-state index in [9.17, 15) is 18.0 Å². The highest BCUT2D eigenvalue weighted by molar-refractivity contribution is 7.92. The van der Waals surface area contributed by atoms with Gasteiger partial charge in [0.1, 0.15) is 5.75 Å². The van der Waals surface area contributed by atoms with E-state index in [1.54, 1.807) is 24.3 Å². The molecule has 30 heavy (non-hydrogen) atoms. The fourth-order valence-electron chi connectivity index (χ4n) is 2.39. The Bertz CT molecular complexity index is 987. The van der Waals surface area contributed by atoms with Gasteiger partial charge in [-0.25, -0.2) is 13.2 Å². The van der Waals surface area contributed by atoms with Gasteiger partial charge in [0, 0.05) is 12.2 Å². The van der Waals surface area contributed by atoms with Gasteiger partial charge in [-0.15, -0.1) is 0 Å². The van der Waals surface area contributed by atoms with E-state index in [-0.39, 0.29) is 16.4 Å². The largest absolute Gasteiger partial charge is 0.497 e. The Kier molecular flexibility index (Phi) is 7.82. The maximum Gasteiger partial charge on any atom is 0.338 e. The molecule has 1 atom stereocenters. The van der Waals surface area contributed by atoms with Crippen molar-refractivity contribution in [2.24, 2.45) is 5.92 Å². The van der Waals surface area contributed by atoms with Gasteiger partial charge in [-0.3, -0.25) is 9.52 Å². The number of anilines is 1. The molecular weight excluding hydrogens is 408 g/mol. The molecule has 0 radical (unpaired) electrons. The first-order valence-electron chi connectivity index (χ1n) is 9.38. The lowest BCUT2D eigenvalue weighted by molar-refractivity contribution is -0.129. The fraction of sp³-hybridized carbons (Fsp3) is 0.333. The van der Waals surface area contributed by atoms with Gasteiger partial charge in [-0.05, 0) is 55.3 Å². The van der Waals surface area contributed by atoms with Crippen LogP contribution in [0.4, 0.5) is 5.69 Å². The SMILES string of the molecule is COc1ccc(NS(=O)(=O)c2cccc(C(=O)OC(C)C(=O)NCC(C)C)c2)cc1. The Morgan fingerprint density at radius 1 is 1.03 bits per heavy atom. The minimum Gasteiger partial charge on any atom is -0.497 e. The lowest BCUT2D eigenvalue weighted by Crippen LogP contribution is -2.37. The molecule has 0 aromatic heterocycles. The van der Waals surface area contributed by atoms with Crippen molar-refractivity contribution < 1.29 is 27.5 Å². The van der Waals surface area contributed by atoms with E-state index in [1.165, 1.54) is 38.3 Å². The van der Waals surface area contributed by atoms with Crippen LogP contribution in [0.1, 0.15) is 31.1 Å². The second kappa shape index (κ2) is 10.1. The van der Waals surface area contributed by atoms with Crippen LogP contribution in [0.2, 0.25) is 0 Å². The van der Waals surface area contributed by atoms with Gasteiger partial charge in [0.05, 0.1) is 17.6 Å². The highest BCUT2D eigenvalue weighted by Crippen LogP contribution is 2.20. The highest BCUT2D eigenvalue weighted by Gasteiger charge is 2.21. The molecule has 2 N–H and O–H groups in total. The molecule has 9 heteroatoms. The number of rotatable bonds is 9. The van der Waals surface area contributed by atoms with Crippen LogP contribution in [-0.4, -0.2) is 40.1 Å². The average molecular weight is 435 g/mol. The van der Waals surface area contributed by atoms with Gasteiger partial charge < -0.3 is 14.8 Å². The van der Waals surface area contributed by atoms with Crippen molar-refractivity contribution in [2.75, 3.05) is 18.4 Å². The van der Waals surface area contributed by atoms with Gasteiger partial charge in [-0.2, -0.15) is 0 Å². The number of esters is 1. The predicted octanol–water partition coefficient (Wildman–Crippen LogP) is 2.81. The first kappa shape index (κ1) is 23.2. The molecule has 0 aliphatic carbocycles. The summed E-state index contributed by atoms with van der Waals surface area (Å²) in [7, 11) is -2.42. The van der Waals surface area contributed by atoms with Gasteiger partial charge >= 0.3 is 5.97 Å². The summed E-state index contributed by atoms with van der Waals surface area (Å²) in [5, 5.41) is 2.68. The topological polar surface area (TPSA) is 111 Å². The molecular formula is C21H26N2O6S. The van der Waals surface area contributed by atoms with Crippen LogP contribution in [0.3, 0.4) is 0 Å². The summed E-state index contributed by atoms with van der Waals surface area (Å²) in [5.41, 5.74) is 0.371. The molecule has 0 fully saturated rings. The van der Waals surface area contributed by atoms with E-state index in [1.807, 2.05) is 13.8 Å². The van der Waals surface area contributed by atoms with Crippen molar-refractivity contribution >= 4 is 27.6 Å².